The molecular weight excluding hydrogens is 388 g/mol. The van der Waals surface area contributed by atoms with E-state index in [2.05, 4.69) is 15.8 Å². The number of thiazole rings is 1. The van der Waals surface area contributed by atoms with Crippen LogP contribution < -0.4 is 15.6 Å². The number of aryl methyl sites for hydroxylation is 2. The summed E-state index contributed by atoms with van der Waals surface area (Å²) in [6, 6.07) is 10.8. The summed E-state index contributed by atoms with van der Waals surface area (Å²) in [5.41, 5.74) is 8.11. The van der Waals surface area contributed by atoms with Crippen molar-refractivity contribution in [2.75, 3.05) is 0 Å². The molecule has 0 saturated carbocycles. The van der Waals surface area contributed by atoms with Crippen LogP contribution in [0, 0.1) is 13.8 Å². The predicted octanol–water partition coefficient (Wildman–Crippen LogP) is 3.34. The van der Waals surface area contributed by atoms with Crippen molar-refractivity contribution in [2.45, 2.75) is 40.2 Å². The quantitative estimate of drug-likeness (QED) is 0.608. The number of hydrogen-bond donors (Lipinski definition) is 2. The monoisotopic (exact) mass is 412 g/mol. The van der Waals surface area contributed by atoms with E-state index in [9.17, 15) is 9.59 Å². The van der Waals surface area contributed by atoms with Gasteiger partial charge in [-0.25, -0.2) is 4.98 Å². The molecule has 0 radical (unpaired) electrons. The molecule has 29 heavy (non-hydrogen) atoms. The summed E-state index contributed by atoms with van der Waals surface area (Å²) in [4.78, 5) is 28.9. The molecular formula is C21H24N4O3S. The number of aromatic nitrogens is 2. The van der Waals surface area contributed by atoms with Crippen LogP contribution in [0.2, 0.25) is 0 Å². The second-order valence-corrected chi connectivity index (χ2v) is 7.78. The minimum absolute atomic E-state index is 0.0607. The van der Waals surface area contributed by atoms with Crippen LogP contribution in [0.25, 0.3) is 5.13 Å². The molecule has 0 atom stereocenters. The first kappa shape index (κ1) is 20.6. The highest BCUT2D eigenvalue weighted by Crippen LogP contribution is 2.20. The van der Waals surface area contributed by atoms with Gasteiger partial charge in [0, 0.05) is 22.3 Å². The van der Waals surface area contributed by atoms with E-state index in [-0.39, 0.29) is 18.4 Å². The Morgan fingerprint density at radius 1 is 1.07 bits per heavy atom. The van der Waals surface area contributed by atoms with Crippen molar-refractivity contribution in [2.24, 2.45) is 0 Å². The fourth-order valence-electron chi connectivity index (χ4n) is 2.81. The lowest BCUT2D eigenvalue weighted by atomic mass is 10.2. The van der Waals surface area contributed by atoms with E-state index in [4.69, 9.17) is 4.74 Å². The highest BCUT2D eigenvalue weighted by atomic mass is 32.1. The van der Waals surface area contributed by atoms with Crippen molar-refractivity contribution in [3.63, 3.8) is 0 Å². The molecule has 1 aromatic carbocycles. The van der Waals surface area contributed by atoms with Crippen LogP contribution in [0.5, 0.6) is 5.75 Å². The first-order valence-electron chi connectivity index (χ1n) is 9.29. The van der Waals surface area contributed by atoms with Crippen LogP contribution in [0.3, 0.4) is 0 Å². The van der Waals surface area contributed by atoms with Gasteiger partial charge in [0.15, 0.2) is 5.13 Å². The minimum Gasteiger partial charge on any atom is -0.491 e. The molecule has 8 heteroatoms. The number of nitrogens with one attached hydrogen (secondary N) is 2. The van der Waals surface area contributed by atoms with Gasteiger partial charge in [-0.1, -0.05) is 0 Å². The van der Waals surface area contributed by atoms with Crippen LogP contribution in [0.1, 0.15) is 41.3 Å². The maximum atomic E-state index is 12.2. The Morgan fingerprint density at radius 3 is 2.34 bits per heavy atom. The number of rotatable bonds is 6. The Balaban J connectivity index is 1.53. The Kier molecular flexibility index (Phi) is 6.33. The number of nitrogens with zero attached hydrogens (tertiary/aromatic N) is 2. The summed E-state index contributed by atoms with van der Waals surface area (Å²) in [5, 5.41) is 2.67. The van der Waals surface area contributed by atoms with E-state index in [0.29, 0.717) is 17.0 Å². The minimum atomic E-state index is -0.396. The third kappa shape index (κ3) is 5.23. The van der Waals surface area contributed by atoms with E-state index in [1.165, 1.54) is 11.3 Å². The normalized spacial score (nSPS) is 10.8. The van der Waals surface area contributed by atoms with Crippen molar-refractivity contribution in [1.82, 2.24) is 20.4 Å². The van der Waals surface area contributed by atoms with Gasteiger partial charge in [-0.3, -0.25) is 25.0 Å². The van der Waals surface area contributed by atoms with Crippen molar-refractivity contribution < 1.29 is 14.3 Å². The molecule has 7 nitrogen and oxygen atoms in total. The molecule has 0 spiro atoms. The van der Waals surface area contributed by atoms with Crippen molar-refractivity contribution in [1.29, 1.82) is 0 Å². The Morgan fingerprint density at radius 2 is 1.72 bits per heavy atom. The highest BCUT2D eigenvalue weighted by molar-refractivity contribution is 7.12. The molecule has 152 valence electrons. The summed E-state index contributed by atoms with van der Waals surface area (Å²) >= 11 is 1.48. The molecule has 2 N–H and O–H groups in total. The molecule has 3 rings (SSSR count). The summed E-state index contributed by atoms with van der Waals surface area (Å²) in [6.07, 6.45) is 0.141. The van der Waals surface area contributed by atoms with Crippen LogP contribution in [-0.2, 0) is 11.2 Å². The Labute approximate surface area is 173 Å². The fourth-order valence-corrected chi connectivity index (χ4v) is 3.76. The largest absolute Gasteiger partial charge is 0.491 e. The molecule has 0 aliphatic rings. The lowest BCUT2D eigenvalue weighted by Crippen LogP contribution is -2.42. The van der Waals surface area contributed by atoms with Gasteiger partial charge < -0.3 is 4.74 Å². The standard InChI is InChI=1S/C21H24N4O3S/c1-13(2)28-18-9-7-16(8-10-18)20(27)24-23-19(26)11-17-12-29-21(22-17)25-14(3)5-6-15(25)4/h5-10,12-13H,11H2,1-4H3,(H,23,26)(H,24,27). The average Bonchev–Trinajstić information content (AvgIpc) is 3.25. The SMILES string of the molecule is Cc1ccc(C)n1-c1nc(CC(=O)NNC(=O)c2ccc(OC(C)C)cc2)cs1. The van der Waals surface area contributed by atoms with Gasteiger partial charge in [-0.15, -0.1) is 11.3 Å². The van der Waals surface area contributed by atoms with Gasteiger partial charge >= 0.3 is 0 Å². The molecule has 0 unspecified atom stereocenters. The van der Waals surface area contributed by atoms with Gasteiger partial charge in [0.25, 0.3) is 5.91 Å². The van der Waals surface area contributed by atoms with E-state index < -0.39 is 5.91 Å². The lowest BCUT2D eigenvalue weighted by molar-refractivity contribution is -0.121. The first-order chi connectivity index (χ1) is 13.8. The zero-order chi connectivity index (χ0) is 21.0. The molecule has 0 aliphatic heterocycles. The highest BCUT2D eigenvalue weighted by Gasteiger charge is 2.13. The molecule has 0 bridgehead atoms. The summed E-state index contributed by atoms with van der Waals surface area (Å²) in [5.74, 6) is -0.0454. The van der Waals surface area contributed by atoms with Crippen molar-refractivity contribution in [3.8, 4) is 10.9 Å². The van der Waals surface area contributed by atoms with E-state index in [1.807, 2.05) is 49.8 Å². The summed E-state index contributed by atoms with van der Waals surface area (Å²) in [7, 11) is 0. The van der Waals surface area contributed by atoms with E-state index in [0.717, 1.165) is 16.5 Å². The second-order valence-electron chi connectivity index (χ2n) is 6.94. The van der Waals surface area contributed by atoms with Crippen LogP contribution in [0.15, 0.2) is 41.8 Å². The van der Waals surface area contributed by atoms with Crippen LogP contribution in [-0.4, -0.2) is 27.5 Å². The zero-order valence-corrected chi connectivity index (χ0v) is 17.7. The number of benzene rings is 1. The number of carbonyl (C=O) groups is 2. The second kappa shape index (κ2) is 8.91. The Bertz CT molecular complexity index is 986. The van der Waals surface area contributed by atoms with Crippen molar-refractivity contribution >= 4 is 23.2 Å². The van der Waals surface area contributed by atoms with Crippen LogP contribution in [0.4, 0.5) is 0 Å². The number of amides is 2. The maximum Gasteiger partial charge on any atom is 0.269 e. The third-order valence-corrected chi connectivity index (χ3v) is 5.02. The van der Waals surface area contributed by atoms with Crippen molar-refractivity contribution in [3.05, 3.63) is 64.4 Å². The van der Waals surface area contributed by atoms with Gasteiger partial charge in [-0.2, -0.15) is 0 Å². The van der Waals surface area contributed by atoms with Gasteiger partial charge in [0.2, 0.25) is 5.91 Å². The summed E-state index contributed by atoms with van der Waals surface area (Å²) < 4.78 is 7.59. The third-order valence-electron chi connectivity index (χ3n) is 4.15. The van der Waals surface area contributed by atoms with E-state index >= 15 is 0 Å². The molecule has 0 fully saturated rings. The average molecular weight is 413 g/mol. The topological polar surface area (TPSA) is 85.3 Å². The molecule has 2 heterocycles. The maximum absolute atomic E-state index is 12.2. The molecule has 2 aromatic heterocycles. The summed E-state index contributed by atoms with van der Waals surface area (Å²) in [6.45, 7) is 7.89. The first-order valence-corrected chi connectivity index (χ1v) is 10.2. The van der Waals surface area contributed by atoms with Gasteiger partial charge in [0.05, 0.1) is 18.2 Å². The molecule has 0 aliphatic carbocycles. The number of hydrogen-bond acceptors (Lipinski definition) is 5. The zero-order valence-electron chi connectivity index (χ0n) is 16.9. The number of carbonyl (C=O) groups excluding carboxylic acids is 2. The predicted molar refractivity (Wildman–Crippen MR) is 112 cm³/mol. The van der Waals surface area contributed by atoms with E-state index in [1.54, 1.807) is 24.3 Å². The molecule has 0 saturated heterocycles. The number of hydrazine groups is 1. The van der Waals surface area contributed by atoms with Crippen LogP contribution >= 0.6 is 11.3 Å². The fraction of sp³-hybridized carbons (Fsp3) is 0.286. The van der Waals surface area contributed by atoms with Gasteiger partial charge in [0.1, 0.15) is 5.75 Å². The lowest BCUT2D eigenvalue weighted by Gasteiger charge is -2.10. The van der Waals surface area contributed by atoms with Gasteiger partial charge in [-0.05, 0) is 64.1 Å². The molecule has 3 aromatic rings. The number of ether oxygens (including phenoxy) is 1. The smallest absolute Gasteiger partial charge is 0.269 e. The Hall–Kier alpha value is -3.13. The molecule has 2 amide bonds.